The van der Waals surface area contributed by atoms with Crippen molar-refractivity contribution in [1.82, 2.24) is 0 Å². The van der Waals surface area contributed by atoms with Crippen molar-refractivity contribution in [1.29, 1.82) is 0 Å². The van der Waals surface area contributed by atoms with Crippen molar-refractivity contribution in [2.75, 3.05) is 31.3 Å². The number of ether oxygens (including phenoxy) is 4. The number of nitrogens with zero attached hydrogens (tertiary/aromatic N) is 1. The Morgan fingerprint density at radius 2 is 1.10 bits per heavy atom. The summed E-state index contributed by atoms with van der Waals surface area (Å²) in [7, 11) is 0. The Morgan fingerprint density at radius 1 is 0.633 bits per heavy atom. The zero-order chi connectivity index (χ0) is 34.2. The summed E-state index contributed by atoms with van der Waals surface area (Å²) >= 11 is 1.27. The minimum absolute atomic E-state index is 0.00688. The molecular weight excluding hydrogens is 639 g/mol. The summed E-state index contributed by atoms with van der Waals surface area (Å²) in [5.74, 6) is 2.06. The first-order valence-electron chi connectivity index (χ1n) is 17.3. The van der Waals surface area contributed by atoms with E-state index < -0.39 is 16.6 Å². The minimum Gasteiger partial charge on any atom is -0.503 e. The summed E-state index contributed by atoms with van der Waals surface area (Å²) in [6.07, 6.45) is 9.26. The number of aromatic hydroxyl groups is 1. The maximum Gasteiger partial charge on any atom is 0.268 e. The van der Waals surface area contributed by atoms with Crippen LogP contribution in [0.25, 0.3) is 20.9 Å². The first kappa shape index (κ1) is 34.1. The predicted molar refractivity (Wildman–Crippen MR) is 197 cm³/mol. The lowest BCUT2D eigenvalue weighted by Gasteiger charge is -2.26. The number of rotatable bonds is 17. The normalized spacial score (nSPS) is 12.3. The summed E-state index contributed by atoms with van der Waals surface area (Å²) in [4.78, 5) is 27.5. The van der Waals surface area contributed by atoms with Crippen LogP contribution in [0, 0.1) is 0 Å². The Morgan fingerprint density at radius 3 is 1.57 bits per heavy atom. The molecule has 0 bridgehead atoms. The summed E-state index contributed by atoms with van der Waals surface area (Å²) in [5.41, 5.74) is 2.15. The quantitative estimate of drug-likeness (QED) is 0.0766. The van der Waals surface area contributed by atoms with Crippen LogP contribution in [-0.4, -0.2) is 31.5 Å². The van der Waals surface area contributed by atoms with Crippen LogP contribution in [0.4, 0.5) is 17.1 Å². The molecule has 1 aliphatic heterocycles. The van der Waals surface area contributed by atoms with Crippen LogP contribution in [0.5, 0.6) is 28.7 Å². The zero-order valence-corrected chi connectivity index (χ0v) is 29.0. The Hall–Kier alpha value is -4.76. The van der Waals surface area contributed by atoms with E-state index in [2.05, 4.69) is 43.0 Å². The molecule has 0 saturated carbocycles. The van der Waals surface area contributed by atoms with Crippen molar-refractivity contribution in [2.45, 2.75) is 65.2 Å². The molecule has 0 aliphatic carbocycles. The van der Waals surface area contributed by atoms with Crippen LogP contribution >= 0.6 is 11.3 Å². The lowest BCUT2D eigenvalue weighted by Crippen LogP contribution is -2.31. The number of thiophene rings is 1. The third kappa shape index (κ3) is 7.62. The molecule has 0 radical (unpaired) electrons. The van der Waals surface area contributed by atoms with E-state index >= 15 is 0 Å². The molecule has 9 heteroatoms. The van der Waals surface area contributed by atoms with Crippen LogP contribution in [-0.2, 0) is 0 Å². The van der Waals surface area contributed by atoms with Crippen LogP contribution in [0.2, 0.25) is 0 Å². The number of hydrogen-bond donors (Lipinski definition) is 1. The van der Waals surface area contributed by atoms with E-state index in [1.807, 2.05) is 48.5 Å². The first-order valence-corrected chi connectivity index (χ1v) is 18.1. The first-order chi connectivity index (χ1) is 24.0. The Kier molecular flexibility index (Phi) is 11.2. The zero-order valence-electron chi connectivity index (χ0n) is 28.2. The fraction of sp³-hybridized carbons (Fsp3) is 0.350. The third-order valence-corrected chi connectivity index (χ3v) is 9.84. The Labute approximate surface area is 291 Å². The number of benzene rings is 3. The second-order valence-corrected chi connectivity index (χ2v) is 13.2. The summed E-state index contributed by atoms with van der Waals surface area (Å²) in [6.45, 7) is 6.48. The van der Waals surface area contributed by atoms with E-state index in [4.69, 9.17) is 18.9 Å². The van der Waals surface area contributed by atoms with Crippen molar-refractivity contribution in [3.05, 3.63) is 93.2 Å². The van der Waals surface area contributed by atoms with Gasteiger partial charge in [0.25, 0.3) is 5.43 Å². The van der Waals surface area contributed by atoms with E-state index in [9.17, 15) is 14.7 Å². The number of anilines is 3. The molecule has 0 saturated heterocycles. The van der Waals surface area contributed by atoms with Crippen molar-refractivity contribution in [3.8, 4) is 49.6 Å². The van der Waals surface area contributed by atoms with Gasteiger partial charge < -0.3 is 29.0 Å². The topological polar surface area (TPSA) is 94.5 Å². The molecule has 0 spiro atoms. The SMILES string of the molecule is CCCCCCOc1ccc(N(c2ccc(OCCCCCC)cc2)c2ccc(-c3sc(-c4c(O)c(=O)c4=O)c4c3OCCO4)cc2)cc1. The fourth-order valence-electron chi connectivity index (χ4n) is 5.93. The van der Waals surface area contributed by atoms with Gasteiger partial charge in [-0.05, 0) is 79.1 Å². The lowest BCUT2D eigenvalue weighted by molar-refractivity contribution is 0.175. The van der Waals surface area contributed by atoms with Gasteiger partial charge in [0.15, 0.2) is 17.2 Å². The molecule has 49 heavy (non-hydrogen) atoms. The van der Waals surface area contributed by atoms with Gasteiger partial charge in [0, 0.05) is 17.1 Å². The molecule has 4 aromatic carbocycles. The highest BCUT2D eigenvalue weighted by atomic mass is 32.1. The number of hydrogen-bond acceptors (Lipinski definition) is 9. The van der Waals surface area contributed by atoms with Gasteiger partial charge in [-0.2, -0.15) is 0 Å². The van der Waals surface area contributed by atoms with Gasteiger partial charge in [-0.15, -0.1) is 11.3 Å². The van der Waals surface area contributed by atoms with Crippen LogP contribution in [0.15, 0.2) is 82.4 Å². The second kappa shape index (κ2) is 16.1. The second-order valence-electron chi connectivity index (χ2n) is 12.2. The van der Waals surface area contributed by atoms with E-state index in [-0.39, 0.29) is 5.56 Å². The van der Waals surface area contributed by atoms with Gasteiger partial charge in [-0.1, -0.05) is 64.5 Å². The third-order valence-electron chi connectivity index (χ3n) is 8.62. The van der Waals surface area contributed by atoms with Crippen LogP contribution < -0.4 is 34.7 Å². The molecule has 1 N–H and O–H groups in total. The molecule has 0 atom stereocenters. The van der Waals surface area contributed by atoms with Gasteiger partial charge >= 0.3 is 0 Å². The maximum atomic E-state index is 12.3. The summed E-state index contributed by atoms with van der Waals surface area (Å²) < 4.78 is 23.9. The molecule has 0 fully saturated rings. The molecule has 5 aromatic rings. The van der Waals surface area contributed by atoms with Gasteiger partial charge in [-0.25, -0.2) is 0 Å². The molecule has 8 nitrogen and oxygen atoms in total. The molecule has 1 aromatic heterocycles. The van der Waals surface area contributed by atoms with E-state index in [0.29, 0.717) is 42.8 Å². The van der Waals surface area contributed by atoms with Gasteiger partial charge in [0.2, 0.25) is 5.43 Å². The largest absolute Gasteiger partial charge is 0.503 e. The highest BCUT2D eigenvalue weighted by Gasteiger charge is 2.32. The van der Waals surface area contributed by atoms with Crippen molar-refractivity contribution < 1.29 is 24.1 Å². The van der Waals surface area contributed by atoms with Crippen LogP contribution in [0.1, 0.15) is 65.2 Å². The monoisotopic (exact) mass is 681 g/mol. The number of unbranched alkanes of at least 4 members (excludes halogenated alkanes) is 6. The summed E-state index contributed by atoms with van der Waals surface area (Å²) in [5, 5.41) is 10.2. The van der Waals surface area contributed by atoms with E-state index in [0.717, 1.165) is 51.8 Å². The fourth-order valence-corrected chi connectivity index (χ4v) is 7.16. The molecule has 0 amide bonds. The van der Waals surface area contributed by atoms with Crippen molar-refractivity contribution in [2.24, 2.45) is 0 Å². The Balaban J connectivity index is 1.28. The maximum absolute atomic E-state index is 12.3. The lowest BCUT2D eigenvalue weighted by atomic mass is 10.1. The van der Waals surface area contributed by atoms with Crippen molar-refractivity contribution >= 4 is 28.4 Å². The highest BCUT2D eigenvalue weighted by Crippen LogP contribution is 2.54. The molecule has 256 valence electrons. The average Bonchev–Trinajstić information content (AvgIpc) is 3.51. The molecular formula is C40H43NO7S. The smallest absolute Gasteiger partial charge is 0.268 e. The van der Waals surface area contributed by atoms with Gasteiger partial charge in [-0.3, -0.25) is 9.59 Å². The highest BCUT2D eigenvalue weighted by molar-refractivity contribution is 7.19. The molecule has 1 aliphatic rings. The summed E-state index contributed by atoms with van der Waals surface area (Å²) in [6, 6.07) is 24.4. The molecule has 0 unspecified atom stereocenters. The van der Waals surface area contributed by atoms with E-state index in [1.165, 1.54) is 49.9 Å². The number of fused-ring (bicyclic) bond motifs is 1. The average molecular weight is 682 g/mol. The van der Waals surface area contributed by atoms with Crippen molar-refractivity contribution in [3.63, 3.8) is 0 Å². The Bertz CT molecular complexity index is 1830. The minimum atomic E-state index is -0.877. The van der Waals surface area contributed by atoms with Gasteiger partial charge in [0.05, 0.1) is 28.5 Å². The molecule has 2 heterocycles. The van der Waals surface area contributed by atoms with Crippen LogP contribution in [0.3, 0.4) is 0 Å². The van der Waals surface area contributed by atoms with E-state index in [1.54, 1.807) is 0 Å². The molecule has 6 rings (SSSR count). The standard InChI is InChI=1S/C40H43NO7S/c1-3-5-7-9-23-45-31-19-15-29(16-20-31)41(30-17-21-32(22-18-30)46-24-10-8-6-4-2)28-13-11-27(12-14-28)39-37-38(48-26-25-47-37)40(49-39)33-34(42)36(44)35(33)43/h11-22,42H,3-10,23-26H2,1-2H3. The predicted octanol–water partition coefficient (Wildman–Crippen LogP) is 9.54. The van der Waals surface area contributed by atoms with Gasteiger partial charge in [0.1, 0.15) is 24.7 Å².